The van der Waals surface area contributed by atoms with E-state index in [2.05, 4.69) is 32.8 Å². The lowest BCUT2D eigenvalue weighted by atomic mass is 10.2. The van der Waals surface area contributed by atoms with Crippen molar-refractivity contribution in [3.8, 4) is 11.4 Å². The normalized spacial score (nSPS) is 11.0. The third-order valence-corrected chi connectivity index (χ3v) is 3.74. The number of halogens is 1. The predicted octanol–water partition coefficient (Wildman–Crippen LogP) is 4.11. The van der Waals surface area contributed by atoms with Gasteiger partial charge in [0.05, 0.1) is 16.1 Å². The number of anilines is 1. The number of rotatable bonds is 4. The molecule has 0 atom stereocenters. The van der Waals surface area contributed by atoms with Crippen LogP contribution in [-0.4, -0.2) is 21.1 Å². The minimum atomic E-state index is 0.607. The fourth-order valence-corrected chi connectivity index (χ4v) is 2.53. The Balaban J connectivity index is 2.11. The Kier molecular flexibility index (Phi) is 3.80. The number of aryl methyl sites for hydroxylation is 1. The molecule has 0 aliphatic carbocycles. The number of nitrogens with zero attached hydrogens (tertiary/aromatic N) is 3. The lowest BCUT2D eigenvalue weighted by Crippen LogP contribution is -2.02. The van der Waals surface area contributed by atoms with Crippen LogP contribution in [0.1, 0.15) is 13.3 Å². The summed E-state index contributed by atoms with van der Waals surface area (Å²) >= 11 is 6.32. The fourth-order valence-electron chi connectivity index (χ4n) is 2.35. The molecule has 0 spiro atoms. The van der Waals surface area contributed by atoms with E-state index in [1.165, 1.54) is 0 Å². The van der Waals surface area contributed by atoms with Gasteiger partial charge in [0.1, 0.15) is 11.6 Å². The summed E-state index contributed by atoms with van der Waals surface area (Å²) in [5, 5.41) is 3.89. The van der Waals surface area contributed by atoms with E-state index in [1.807, 2.05) is 31.3 Å². The number of hydrogen-bond donors (Lipinski definition) is 1. The van der Waals surface area contributed by atoms with Crippen LogP contribution in [0.4, 0.5) is 5.82 Å². The van der Waals surface area contributed by atoms with Crippen molar-refractivity contribution in [1.29, 1.82) is 0 Å². The third-order valence-electron chi connectivity index (χ3n) is 3.44. The Morgan fingerprint density at radius 2 is 2.10 bits per heavy atom. The van der Waals surface area contributed by atoms with Gasteiger partial charge in [0, 0.05) is 25.4 Å². The molecular weight excluding hydrogens is 284 g/mol. The highest BCUT2D eigenvalue weighted by Gasteiger charge is 2.13. The SMILES string of the molecule is CCCNc1cc(-c2nc3ccccc3n2C)c(Cl)cn1. The first-order valence-electron chi connectivity index (χ1n) is 7.02. The molecule has 4 nitrogen and oxygen atoms in total. The number of hydrogen-bond acceptors (Lipinski definition) is 3. The first-order valence-corrected chi connectivity index (χ1v) is 7.39. The van der Waals surface area contributed by atoms with E-state index in [9.17, 15) is 0 Å². The highest BCUT2D eigenvalue weighted by Crippen LogP contribution is 2.30. The Labute approximate surface area is 128 Å². The second kappa shape index (κ2) is 5.74. The van der Waals surface area contributed by atoms with Crippen LogP contribution < -0.4 is 5.32 Å². The lowest BCUT2D eigenvalue weighted by Gasteiger charge is -2.08. The highest BCUT2D eigenvalue weighted by atomic mass is 35.5. The molecule has 0 unspecified atom stereocenters. The molecule has 1 N–H and O–H groups in total. The monoisotopic (exact) mass is 300 g/mol. The molecule has 0 bridgehead atoms. The largest absolute Gasteiger partial charge is 0.370 e. The number of fused-ring (bicyclic) bond motifs is 1. The molecule has 0 saturated heterocycles. The maximum Gasteiger partial charge on any atom is 0.142 e. The van der Waals surface area contributed by atoms with Gasteiger partial charge in [-0.1, -0.05) is 30.7 Å². The topological polar surface area (TPSA) is 42.7 Å². The Hall–Kier alpha value is -2.07. The van der Waals surface area contributed by atoms with Crippen LogP contribution in [0.2, 0.25) is 5.02 Å². The third kappa shape index (κ3) is 2.59. The molecule has 1 aromatic carbocycles. The number of para-hydroxylation sites is 2. The Bertz CT molecular complexity index is 779. The van der Waals surface area contributed by atoms with E-state index in [4.69, 9.17) is 11.6 Å². The summed E-state index contributed by atoms with van der Waals surface area (Å²) in [7, 11) is 2.00. The van der Waals surface area contributed by atoms with E-state index in [0.717, 1.165) is 41.2 Å². The molecule has 2 heterocycles. The van der Waals surface area contributed by atoms with Gasteiger partial charge in [-0.25, -0.2) is 9.97 Å². The number of aromatic nitrogens is 3. The number of nitrogens with one attached hydrogen (secondary N) is 1. The fraction of sp³-hybridized carbons (Fsp3) is 0.250. The maximum atomic E-state index is 6.32. The lowest BCUT2D eigenvalue weighted by molar-refractivity contribution is 0.954. The van der Waals surface area contributed by atoms with Gasteiger partial charge >= 0.3 is 0 Å². The Morgan fingerprint density at radius 1 is 1.29 bits per heavy atom. The minimum Gasteiger partial charge on any atom is -0.370 e. The highest BCUT2D eigenvalue weighted by molar-refractivity contribution is 6.33. The predicted molar refractivity (Wildman–Crippen MR) is 87.7 cm³/mol. The van der Waals surface area contributed by atoms with Gasteiger partial charge in [0.15, 0.2) is 0 Å². The summed E-state index contributed by atoms with van der Waals surface area (Å²) in [5.74, 6) is 1.67. The zero-order chi connectivity index (χ0) is 14.8. The van der Waals surface area contributed by atoms with Crippen molar-refractivity contribution in [2.75, 3.05) is 11.9 Å². The molecule has 5 heteroatoms. The van der Waals surface area contributed by atoms with Crippen LogP contribution in [0.25, 0.3) is 22.4 Å². The average molecular weight is 301 g/mol. The molecule has 3 rings (SSSR count). The maximum absolute atomic E-state index is 6.32. The summed E-state index contributed by atoms with van der Waals surface area (Å²) in [6.07, 6.45) is 2.72. The number of imidazole rings is 1. The second-order valence-corrected chi connectivity index (χ2v) is 5.37. The van der Waals surface area contributed by atoms with E-state index in [-0.39, 0.29) is 0 Å². The summed E-state index contributed by atoms with van der Waals surface area (Å²) in [5.41, 5.74) is 2.94. The van der Waals surface area contributed by atoms with Crippen molar-refractivity contribution < 1.29 is 0 Å². The van der Waals surface area contributed by atoms with Crippen molar-refractivity contribution in [1.82, 2.24) is 14.5 Å². The van der Waals surface area contributed by atoms with Crippen molar-refractivity contribution in [2.45, 2.75) is 13.3 Å². The van der Waals surface area contributed by atoms with Crippen molar-refractivity contribution >= 4 is 28.5 Å². The summed E-state index contributed by atoms with van der Waals surface area (Å²) in [6.45, 7) is 3.01. The summed E-state index contributed by atoms with van der Waals surface area (Å²) in [4.78, 5) is 8.99. The van der Waals surface area contributed by atoms with Gasteiger partial charge in [-0.15, -0.1) is 0 Å². The summed E-state index contributed by atoms with van der Waals surface area (Å²) < 4.78 is 2.06. The quantitative estimate of drug-likeness (QED) is 0.788. The molecule has 21 heavy (non-hydrogen) atoms. The van der Waals surface area contributed by atoms with E-state index < -0.39 is 0 Å². The molecule has 2 aromatic heterocycles. The summed E-state index contributed by atoms with van der Waals surface area (Å²) in [6, 6.07) is 10.0. The molecular formula is C16H17ClN4. The molecule has 0 radical (unpaired) electrons. The first-order chi connectivity index (χ1) is 10.2. The average Bonchev–Trinajstić information content (AvgIpc) is 2.84. The number of benzene rings is 1. The van der Waals surface area contributed by atoms with Crippen LogP contribution in [0.15, 0.2) is 36.5 Å². The van der Waals surface area contributed by atoms with E-state index in [1.54, 1.807) is 6.20 Å². The van der Waals surface area contributed by atoms with Gasteiger partial charge in [-0.3, -0.25) is 0 Å². The molecule has 0 aliphatic heterocycles. The standard InChI is InChI=1S/C16H17ClN4/c1-3-8-18-15-9-11(12(17)10-19-15)16-20-13-6-4-5-7-14(13)21(16)2/h4-7,9-10H,3,8H2,1-2H3,(H,18,19). The minimum absolute atomic E-state index is 0.607. The van der Waals surface area contributed by atoms with Crippen molar-refractivity contribution in [3.05, 3.63) is 41.6 Å². The second-order valence-electron chi connectivity index (χ2n) is 4.96. The zero-order valence-corrected chi connectivity index (χ0v) is 12.9. The van der Waals surface area contributed by atoms with Crippen LogP contribution >= 0.6 is 11.6 Å². The molecule has 0 aliphatic rings. The Morgan fingerprint density at radius 3 is 2.86 bits per heavy atom. The molecule has 0 amide bonds. The molecule has 0 fully saturated rings. The van der Waals surface area contributed by atoms with E-state index >= 15 is 0 Å². The van der Waals surface area contributed by atoms with Gasteiger partial charge in [0.2, 0.25) is 0 Å². The van der Waals surface area contributed by atoms with Crippen molar-refractivity contribution in [2.24, 2.45) is 7.05 Å². The van der Waals surface area contributed by atoms with Gasteiger partial charge in [0.25, 0.3) is 0 Å². The zero-order valence-electron chi connectivity index (χ0n) is 12.1. The van der Waals surface area contributed by atoms with Crippen LogP contribution in [0.3, 0.4) is 0 Å². The van der Waals surface area contributed by atoms with E-state index in [0.29, 0.717) is 5.02 Å². The smallest absolute Gasteiger partial charge is 0.142 e. The van der Waals surface area contributed by atoms with Crippen LogP contribution in [0, 0.1) is 0 Å². The number of pyridine rings is 1. The van der Waals surface area contributed by atoms with Gasteiger partial charge in [-0.05, 0) is 24.6 Å². The molecule has 108 valence electrons. The van der Waals surface area contributed by atoms with Gasteiger partial charge in [-0.2, -0.15) is 0 Å². The molecule has 3 aromatic rings. The van der Waals surface area contributed by atoms with Crippen LogP contribution in [-0.2, 0) is 7.05 Å². The van der Waals surface area contributed by atoms with Crippen molar-refractivity contribution in [3.63, 3.8) is 0 Å². The van der Waals surface area contributed by atoms with Gasteiger partial charge < -0.3 is 9.88 Å². The first kappa shape index (κ1) is 13.9. The molecule has 0 saturated carbocycles. The van der Waals surface area contributed by atoms with Crippen LogP contribution in [0.5, 0.6) is 0 Å².